The Hall–Kier alpha value is 0.440. The lowest BCUT2D eigenvalue weighted by molar-refractivity contribution is -0.888. The predicted molar refractivity (Wildman–Crippen MR) is 65.5 cm³/mol. The largest absolute Gasteiger partial charge is 1.00 e. The van der Waals surface area contributed by atoms with E-state index in [4.69, 9.17) is 0 Å². The number of unbranched alkanes of at least 4 members (excludes halogenated alkanes) is 6. The monoisotopic (exact) mass is 279 g/mol. The summed E-state index contributed by atoms with van der Waals surface area (Å²) in [6.07, 6.45) is 9.98. The van der Waals surface area contributed by atoms with Crippen LogP contribution in [0, 0.1) is 0 Å². The molecule has 15 heavy (non-hydrogen) atoms. The summed E-state index contributed by atoms with van der Waals surface area (Å²) in [5.74, 6) is 0. The first-order valence-electron chi connectivity index (χ1n) is 6.44. The quantitative estimate of drug-likeness (QED) is 0.434. The molecule has 0 amide bonds. The summed E-state index contributed by atoms with van der Waals surface area (Å²) in [7, 11) is 4.66. The smallest absolute Gasteiger partial charge is 0.0782 e. The van der Waals surface area contributed by atoms with E-state index in [1.54, 1.807) is 0 Å². The number of rotatable bonds is 9. The van der Waals surface area contributed by atoms with Gasteiger partial charge in [0.15, 0.2) is 0 Å². The van der Waals surface area contributed by atoms with Crippen molar-refractivity contribution in [1.29, 1.82) is 0 Å². The molecule has 0 unspecified atom stereocenters. The van der Waals surface area contributed by atoms with Crippen LogP contribution in [0.1, 0.15) is 58.8 Å². The highest BCUT2D eigenvalue weighted by Gasteiger charge is 2.09. The fourth-order valence-corrected chi connectivity index (χ4v) is 1.66. The SMILES string of the molecule is CCCCCCCCC[N+](C)(C)CC.[Br-]. The van der Waals surface area contributed by atoms with E-state index in [2.05, 4.69) is 27.9 Å². The molecule has 0 aliphatic heterocycles. The zero-order valence-electron chi connectivity index (χ0n) is 11.2. The first kappa shape index (κ1) is 17.8. The highest BCUT2D eigenvalue weighted by atomic mass is 79.9. The van der Waals surface area contributed by atoms with Gasteiger partial charge in [0.05, 0.1) is 27.2 Å². The summed E-state index contributed by atoms with van der Waals surface area (Å²) in [5, 5.41) is 0. The van der Waals surface area contributed by atoms with Crippen molar-refractivity contribution >= 4 is 0 Å². The molecule has 0 N–H and O–H groups in total. The zero-order chi connectivity index (χ0) is 10.9. The van der Waals surface area contributed by atoms with Gasteiger partial charge in [0, 0.05) is 0 Å². The highest BCUT2D eigenvalue weighted by molar-refractivity contribution is 4.44. The lowest BCUT2D eigenvalue weighted by Gasteiger charge is -2.28. The molecular weight excluding hydrogens is 250 g/mol. The van der Waals surface area contributed by atoms with Crippen LogP contribution in [0.4, 0.5) is 0 Å². The highest BCUT2D eigenvalue weighted by Crippen LogP contribution is 2.08. The van der Waals surface area contributed by atoms with Crippen molar-refractivity contribution in [2.24, 2.45) is 0 Å². The van der Waals surface area contributed by atoms with Crippen molar-refractivity contribution in [2.75, 3.05) is 27.2 Å². The molecule has 0 aliphatic rings. The van der Waals surface area contributed by atoms with Crippen molar-refractivity contribution in [3.05, 3.63) is 0 Å². The van der Waals surface area contributed by atoms with Gasteiger partial charge in [-0.2, -0.15) is 0 Å². The van der Waals surface area contributed by atoms with Crippen LogP contribution in [0.15, 0.2) is 0 Å². The van der Waals surface area contributed by atoms with Gasteiger partial charge in [-0.3, -0.25) is 0 Å². The molecule has 0 heterocycles. The summed E-state index contributed by atoms with van der Waals surface area (Å²) in [6.45, 7) is 7.17. The van der Waals surface area contributed by atoms with E-state index in [0.29, 0.717) is 0 Å². The normalized spacial score (nSPS) is 11.2. The van der Waals surface area contributed by atoms with Gasteiger partial charge in [-0.15, -0.1) is 0 Å². The van der Waals surface area contributed by atoms with Crippen molar-refractivity contribution in [2.45, 2.75) is 58.8 Å². The Morgan fingerprint density at radius 2 is 1.20 bits per heavy atom. The number of nitrogens with zero attached hydrogens (tertiary/aromatic N) is 1. The van der Waals surface area contributed by atoms with Crippen LogP contribution < -0.4 is 17.0 Å². The van der Waals surface area contributed by atoms with Gasteiger partial charge in [-0.25, -0.2) is 0 Å². The molecule has 2 heteroatoms. The standard InChI is InChI=1S/C13H30N.BrH/c1-5-7-8-9-10-11-12-13-14(3,4)6-2;/h5-13H2,1-4H3;1H/q+1;/p-1. The minimum atomic E-state index is 0. The molecule has 0 aromatic heterocycles. The molecule has 94 valence electrons. The third-order valence-corrected chi connectivity index (χ3v) is 3.22. The van der Waals surface area contributed by atoms with E-state index in [9.17, 15) is 0 Å². The predicted octanol–water partition coefficient (Wildman–Crippen LogP) is 0.837. The second-order valence-electron chi connectivity index (χ2n) is 5.10. The summed E-state index contributed by atoms with van der Waals surface area (Å²) in [6, 6.07) is 0. The lowest BCUT2D eigenvalue weighted by Crippen LogP contribution is -3.00. The van der Waals surface area contributed by atoms with E-state index in [0.717, 1.165) is 0 Å². The van der Waals surface area contributed by atoms with Crippen LogP contribution in [0.5, 0.6) is 0 Å². The van der Waals surface area contributed by atoms with Crippen LogP contribution in [0.25, 0.3) is 0 Å². The summed E-state index contributed by atoms with van der Waals surface area (Å²) < 4.78 is 1.19. The van der Waals surface area contributed by atoms with Crippen molar-refractivity contribution in [1.82, 2.24) is 0 Å². The average Bonchev–Trinajstić information content (AvgIpc) is 2.16. The third-order valence-electron chi connectivity index (χ3n) is 3.22. The van der Waals surface area contributed by atoms with Gasteiger partial charge in [0.1, 0.15) is 0 Å². The zero-order valence-corrected chi connectivity index (χ0v) is 12.8. The second kappa shape index (κ2) is 10.9. The van der Waals surface area contributed by atoms with E-state index in [1.807, 2.05) is 0 Å². The van der Waals surface area contributed by atoms with Gasteiger partial charge in [0.2, 0.25) is 0 Å². The summed E-state index contributed by atoms with van der Waals surface area (Å²) in [5.41, 5.74) is 0. The maximum Gasteiger partial charge on any atom is 0.0782 e. The van der Waals surface area contributed by atoms with E-state index in [-0.39, 0.29) is 17.0 Å². The Morgan fingerprint density at radius 1 is 0.733 bits per heavy atom. The van der Waals surface area contributed by atoms with E-state index < -0.39 is 0 Å². The molecule has 0 fully saturated rings. The van der Waals surface area contributed by atoms with E-state index in [1.165, 1.54) is 62.5 Å². The molecule has 0 aromatic carbocycles. The Morgan fingerprint density at radius 3 is 1.67 bits per heavy atom. The minimum Gasteiger partial charge on any atom is -1.00 e. The Bertz CT molecular complexity index is 124. The molecule has 0 rings (SSSR count). The van der Waals surface area contributed by atoms with Gasteiger partial charge in [-0.1, -0.05) is 39.0 Å². The molecular formula is C13H30BrN. The molecule has 0 saturated heterocycles. The Labute approximate surface area is 108 Å². The summed E-state index contributed by atoms with van der Waals surface area (Å²) >= 11 is 0. The third kappa shape index (κ3) is 12.4. The number of quaternary nitrogens is 1. The molecule has 0 saturated carbocycles. The summed E-state index contributed by atoms with van der Waals surface area (Å²) in [4.78, 5) is 0. The molecule has 0 radical (unpaired) electrons. The molecule has 0 bridgehead atoms. The minimum absolute atomic E-state index is 0. The van der Waals surface area contributed by atoms with Gasteiger partial charge < -0.3 is 21.5 Å². The fourth-order valence-electron chi connectivity index (χ4n) is 1.66. The molecule has 0 spiro atoms. The van der Waals surface area contributed by atoms with Crippen LogP contribution in [0.3, 0.4) is 0 Å². The molecule has 0 atom stereocenters. The maximum atomic E-state index is 2.33. The van der Waals surface area contributed by atoms with Crippen LogP contribution in [-0.4, -0.2) is 31.7 Å². The van der Waals surface area contributed by atoms with Gasteiger partial charge >= 0.3 is 0 Å². The Kier molecular flexibility index (Phi) is 13.0. The molecule has 1 nitrogen and oxygen atoms in total. The van der Waals surface area contributed by atoms with Crippen LogP contribution in [-0.2, 0) is 0 Å². The van der Waals surface area contributed by atoms with Gasteiger partial charge in [0.25, 0.3) is 0 Å². The van der Waals surface area contributed by atoms with Crippen molar-refractivity contribution in [3.8, 4) is 0 Å². The van der Waals surface area contributed by atoms with Crippen LogP contribution in [0.2, 0.25) is 0 Å². The second-order valence-corrected chi connectivity index (χ2v) is 5.10. The number of halogens is 1. The Balaban J connectivity index is 0. The topological polar surface area (TPSA) is 0 Å². The maximum absolute atomic E-state index is 2.33. The van der Waals surface area contributed by atoms with Crippen LogP contribution >= 0.6 is 0 Å². The molecule has 0 aromatic rings. The van der Waals surface area contributed by atoms with Crippen molar-refractivity contribution < 1.29 is 21.5 Å². The first-order chi connectivity index (χ1) is 6.62. The fraction of sp³-hybridized carbons (Fsp3) is 1.00. The first-order valence-corrected chi connectivity index (χ1v) is 6.44. The number of hydrogen-bond acceptors (Lipinski definition) is 0. The average molecular weight is 280 g/mol. The van der Waals surface area contributed by atoms with E-state index >= 15 is 0 Å². The number of hydrogen-bond donors (Lipinski definition) is 0. The lowest BCUT2D eigenvalue weighted by atomic mass is 10.1. The molecule has 0 aliphatic carbocycles. The van der Waals surface area contributed by atoms with Crippen molar-refractivity contribution in [3.63, 3.8) is 0 Å². The van der Waals surface area contributed by atoms with Gasteiger partial charge in [-0.05, 0) is 19.8 Å².